The van der Waals surface area contributed by atoms with Crippen LogP contribution in [0.3, 0.4) is 0 Å². The van der Waals surface area contributed by atoms with Crippen LogP contribution in [0.2, 0.25) is 4.34 Å². The summed E-state index contributed by atoms with van der Waals surface area (Å²) >= 11 is 9.22. The minimum absolute atomic E-state index is 0.301. The summed E-state index contributed by atoms with van der Waals surface area (Å²) in [6.45, 7) is 0.420. The fourth-order valence-electron chi connectivity index (χ4n) is 2.36. The smallest absolute Gasteiger partial charge is 0.246 e. The SMILES string of the molecule is O=C1[C@@H](NS(=O)(=O)C=Cc2ccc(Cl)s2)CCN1c1ccc(I)cn1. The number of sulfonamides is 1. The molecule has 1 N–H and O–H groups in total. The average molecular weight is 510 g/mol. The quantitative estimate of drug-likeness (QED) is 0.628. The molecule has 132 valence electrons. The number of nitrogens with zero attached hydrogens (tertiary/aromatic N) is 2. The normalized spacial score (nSPS) is 18.4. The van der Waals surface area contributed by atoms with Crippen LogP contribution in [0.15, 0.2) is 35.9 Å². The molecule has 0 aliphatic carbocycles. The monoisotopic (exact) mass is 509 g/mol. The van der Waals surface area contributed by atoms with Crippen molar-refractivity contribution in [1.29, 1.82) is 0 Å². The molecule has 10 heteroatoms. The molecule has 0 bridgehead atoms. The molecule has 3 rings (SSSR count). The second-order valence-corrected chi connectivity index (χ2v) is 9.86. The fourth-order valence-corrected chi connectivity index (χ4v) is 4.74. The van der Waals surface area contributed by atoms with Gasteiger partial charge in [-0.15, -0.1) is 11.3 Å². The standard InChI is InChI=1S/C15H13ClIN3O3S2/c16-13-3-2-11(24-13)6-8-25(22,23)19-12-5-7-20(15(12)21)14-4-1-10(17)9-18-14/h1-4,6,8-9,12,19H,5,7H2/t12-/m0/s1. The zero-order valence-electron chi connectivity index (χ0n) is 12.7. The van der Waals surface area contributed by atoms with Crippen LogP contribution in [-0.4, -0.2) is 31.9 Å². The maximum atomic E-state index is 12.5. The molecular weight excluding hydrogens is 497 g/mol. The third kappa shape index (κ3) is 4.79. The van der Waals surface area contributed by atoms with E-state index in [-0.39, 0.29) is 5.91 Å². The van der Waals surface area contributed by atoms with Crippen molar-refractivity contribution in [1.82, 2.24) is 9.71 Å². The molecule has 2 aromatic rings. The Morgan fingerprint density at radius 3 is 2.80 bits per heavy atom. The number of carbonyl (C=O) groups is 1. The van der Waals surface area contributed by atoms with Gasteiger partial charge in [0, 0.05) is 26.6 Å². The lowest BCUT2D eigenvalue weighted by Crippen LogP contribution is -2.40. The summed E-state index contributed by atoms with van der Waals surface area (Å²) in [7, 11) is -3.74. The molecular formula is C15H13ClIN3O3S2. The van der Waals surface area contributed by atoms with Gasteiger partial charge in [0.2, 0.25) is 15.9 Å². The highest BCUT2D eigenvalue weighted by atomic mass is 127. The third-order valence-corrected chi connectivity index (χ3v) is 6.45. The van der Waals surface area contributed by atoms with Gasteiger partial charge in [0.1, 0.15) is 11.9 Å². The highest BCUT2D eigenvalue weighted by molar-refractivity contribution is 14.1. The molecule has 0 saturated carbocycles. The van der Waals surface area contributed by atoms with Crippen molar-refractivity contribution in [3.05, 3.63) is 48.7 Å². The number of halogens is 2. The first-order chi connectivity index (χ1) is 11.8. The molecule has 1 aliphatic heterocycles. The summed E-state index contributed by atoms with van der Waals surface area (Å²) in [5.41, 5.74) is 0. The minimum atomic E-state index is -3.74. The predicted octanol–water partition coefficient (Wildman–Crippen LogP) is 3.10. The van der Waals surface area contributed by atoms with Crippen molar-refractivity contribution in [3.8, 4) is 0 Å². The summed E-state index contributed by atoms with van der Waals surface area (Å²) in [5, 5.41) is 1.05. The number of hydrogen-bond donors (Lipinski definition) is 1. The van der Waals surface area contributed by atoms with Crippen LogP contribution in [0.5, 0.6) is 0 Å². The van der Waals surface area contributed by atoms with E-state index in [0.29, 0.717) is 23.1 Å². The van der Waals surface area contributed by atoms with E-state index in [0.717, 1.165) is 13.9 Å². The van der Waals surface area contributed by atoms with Crippen molar-refractivity contribution >= 4 is 73.4 Å². The lowest BCUT2D eigenvalue weighted by molar-refractivity contribution is -0.118. The van der Waals surface area contributed by atoms with E-state index in [1.807, 2.05) is 6.07 Å². The van der Waals surface area contributed by atoms with Gasteiger partial charge >= 0.3 is 0 Å². The topological polar surface area (TPSA) is 79.4 Å². The Kier molecular flexibility index (Phi) is 5.78. The molecule has 0 unspecified atom stereocenters. The number of amides is 1. The Balaban J connectivity index is 1.67. The van der Waals surface area contributed by atoms with Gasteiger partial charge in [0.05, 0.1) is 4.34 Å². The van der Waals surface area contributed by atoms with Crippen LogP contribution >= 0.6 is 45.5 Å². The Bertz CT molecular complexity index is 912. The van der Waals surface area contributed by atoms with E-state index in [1.54, 1.807) is 24.4 Å². The van der Waals surface area contributed by atoms with Gasteiger partial charge in [0.15, 0.2) is 0 Å². The summed E-state index contributed by atoms with van der Waals surface area (Å²) in [5.74, 6) is 0.223. The predicted molar refractivity (Wildman–Crippen MR) is 108 cm³/mol. The van der Waals surface area contributed by atoms with Crippen LogP contribution in [0.25, 0.3) is 6.08 Å². The number of carbonyl (C=O) groups excluding carboxylic acids is 1. The van der Waals surface area contributed by atoms with Crippen molar-refractivity contribution in [3.63, 3.8) is 0 Å². The second-order valence-electron chi connectivity index (χ2n) is 5.27. The van der Waals surface area contributed by atoms with Gasteiger partial charge in [0.25, 0.3) is 0 Å². The van der Waals surface area contributed by atoms with Crippen molar-refractivity contribution < 1.29 is 13.2 Å². The summed E-state index contributed by atoms with van der Waals surface area (Å²) in [6.07, 6.45) is 3.51. The molecule has 0 spiro atoms. The van der Waals surface area contributed by atoms with Gasteiger partial charge in [-0.2, -0.15) is 4.72 Å². The number of hydrogen-bond acceptors (Lipinski definition) is 5. The van der Waals surface area contributed by atoms with E-state index in [2.05, 4.69) is 32.3 Å². The molecule has 1 saturated heterocycles. The van der Waals surface area contributed by atoms with Crippen molar-refractivity contribution in [2.24, 2.45) is 0 Å². The van der Waals surface area contributed by atoms with Crippen LogP contribution in [0.1, 0.15) is 11.3 Å². The van der Waals surface area contributed by atoms with Gasteiger partial charge in [-0.3, -0.25) is 9.69 Å². The number of pyridine rings is 1. The maximum absolute atomic E-state index is 12.5. The largest absolute Gasteiger partial charge is 0.295 e. The highest BCUT2D eigenvalue weighted by Crippen LogP contribution is 2.23. The molecule has 3 heterocycles. The number of anilines is 1. The lowest BCUT2D eigenvalue weighted by atomic mass is 10.3. The number of rotatable bonds is 5. The van der Waals surface area contributed by atoms with Crippen molar-refractivity contribution in [2.45, 2.75) is 12.5 Å². The van der Waals surface area contributed by atoms with E-state index >= 15 is 0 Å². The van der Waals surface area contributed by atoms with E-state index in [4.69, 9.17) is 11.6 Å². The summed E-state index contributed by atoms with van der Waals surface area (Å²) in [4.78, 5) is 18.9. The van der Waals surface area contributed by atoms with Crippen molar-refractivity contribution in [2.75, 3.05) is 11.4 Å². The first-order valence-electron chi connectivity index (χ1n) is 7.23. The average Bonchev–Trinajstić information content (AvgIpc) is 3.13. The fraction of sp³-hybridized carbons (Fsp3) is 0.200. The third-order valence-electron chi connectivity index (χ3n) is 3.51. The summed E-state index contributed by atoms with van der Waals surface area (Å²) < 4.78 is 28.3. The molecule has 6 nitrogen and oxygen atoms in total. The van der Waals surface area contributed by atoms with Gasteiger partial charge in [-0.25, -0.2) is 13.4 Å². The van der Waals surface area contributed by atoms with Gasteiger partial charge < -0.3 is 0 Å². The Hall–Kier alpha value is -1.01. The van der Waals surface area contributed by atoms with E-state index in [9.17, 15) is 13.2 Å². The number of thiophene rings is 1. The first-order valence-corrected chi connectivity index (χ1v) is 11.0. The van der Waals surface area contributed by atoms with E-state index < -0.39 is 16.1 Å². The Labute approximate surface area is 168 Å². The number of nitrogens with one attached hydrogen (secondary N) is 1. The van der Waals surface area contributed by atoms with Gasteiger partial charge in [-0.1, -0.05) is 11.6 Å². The van der Waals surface area contributed by atoms with E-state index in [1.165, 1.54) is 22.3 Å². The second kappa shape index (κ2) is 7.70. The molecule has 25 heavy (non-hydrogen) atoms. The molecule has 0 aromatic carbocycles. The Morgan fingerprint density at radius 1 is 1.36 bits per heavy atom. The molecule has 2 aromatic heterocycles. The molecule has 1 fully saturated rings. The van der Waals surface area contributed by atoms with Crippen LogP contribution < -0.4 is 9.62 Å². The van der Waals surface area contributed by atoms with Crippen LogP contribution in [-0.2, 0) is 14.8 Å². The molecule has 1 atom stereocenters. The summed E-state index contributed by atoms with van der Waals surface area (Å²) in [6, 6.07) is 6.23. The molecule has 1 aliphatic rings. The zero-order chi connectivity index (χ0) is 18.0. The Morgan fingerprint density at radius 2 is 2.16 bits per heavy atom. The molecule has 0 radical (unpaired) electrons. The minimum Gasteiger partial charge on any atom is -0.295 e. The van der Waals surface area contributed by atoms with Gasteiger partial charge in [-0.05, 0) is 59.4 Å². The zero-order valence-corrected chi connectivity index (χ0v) is 17.3. The maximum Gasteiger partial charge on any atom is 0.246 e. The van der Waals surface area contributed by atoms with Crippen LogP contribution in [0.4, 0.5) is 5.82 Å². The molecule has 1 amide bonds. The lowest BCUT2D eigenvalue weighted by Gasteiger charge is -2.15. The highest BCUT2D eigenvalue weighted by Gasteiger charge is 2.35. The van der Waals surface area contributed by atoms with Crippen LogP contribution in [0, 0.1) is 3.57 Å². The number of aromatic nitrogens is 1. The first kappa shape index (κ1) is 18.8.